The maximum Gasteiger partial charge on any atom is 0.132 e. The molecular weight excluding hydrogens is 235 g/mol. The third-order valence-corrected chi connectivity index (χ3v) is 3.87. The lowest BCUT2D eigenvalue weighted by molar-refractivity contribution is 0.214. The molecule has 0 radical (unpaired) electrons. The quantitative estimate of drug-likeness (QED) is 0.857. The van der Waals surface area contributed by atoms with Gasteiger partial charge in [0.15, 0.2) is 0 Å². The van der Waals surface area contributed by atoms with Gasteiger partial charge in [-0.1, -0.05) is 18.2 Å². The molecule has 0 saturated heterocycles. The van der Waals surface area contributed by atoms with Crippen LogP contribution in [0.15, 0.2) is 24.3 Å². The molecule has 1 aromatic carbocycles. The zero-order valence-corrected chi connectivity index (χ0v) is 10.9. The molecule has 1 nitrogen and oxygen atoms in total. The average Bonchev–Trinajstić information content (AvgIpc) is 2.61. The summed E-state index contributed by atoms with van der Waals surface area (Å²) < 4.78 is 13.9. The van der Waals surface area contributed by atoms with Gasteiger partial charge in [0.1, 0.15) is 11.9 Å². The minimum atomic E-state index is -0.875. The van der Waals surface area contributed by atoms with E-state index in [2.05, 4.69) is 0 Å². The number of thiophene rings is 1. The fraction of sp³-hybridized carbons (Fsp3) is 0.286. The van der Waals surface area contributed by atoms with E-state index in [0.29, 0.717) is 11.1 Å². The van der Waals surface area contributed by atoms with Crippen molar-refractivity contribution in [3.05, 3.63) is 56.5 Å². The molecule has 0 aliphatic rings. The largest absolute Gasteiger partial charge is 0.384 e. The Morgan fingerprint density at radius 1 is 1.18 bits per heavy atom. The topological polar surface area (TPSA) is 20.2 Å². The van der Waals surface area contributed by atoms with Gasteiger partial charge in [0.2, 0.25) is 0 Å². The Morgan fingerprint density at radius 3 is 2.47 bits per heavy atom. The van der Waals surface area contributed by atoms with Crippen LogP contribution in [0.5, 0.6) is 0 Å². The van der Waals surface area contributed by atoms with E-state index in [9.17, 15) is 9.50 Å². The highest BCUT2D eigenvalue weighted by molar-refractivity contribution is 7.12. The van der Waals surface area contributed by atoms with Gasteiger partial charge < -0.3 is 5.11 Å². The minimum Gasteiger partial charge on any atom is -0.384 e. The zero-order valence-electron chi connectivity index (χ0n) is 10.1. The van der Waals surface area contributed by atoms with Crippen LogP contribution in [0.2, 0.25) is 0 Å². The van der Waals surface area contributed by atoms with E-state index in [4.69, 9.17) is 0 Å². The lowest BCUT2D eigenvalue weighted by Crippen LogP contribution is -2.03. The Kier molecular flexibility index (Phi) is 3.31. The van der Waals surface area contributed by atoms with Crippen molar-refractivity contribution in [1.29, 1.82) is 0 Å². The van der Waals surface area contributed by atoms with Crippen molar-refractivity contribution in [1.82, 2.24) is 0 Å². The zero-order chi connectivity index (χ0) is 12.6. The van der Waals surface area contributed by atoms with Crippen molar-refractivity contribution in [2.75, 3.05) is 0 Å². The molecule has 1 unspecified atom stereocenters. The number of aliphatic hydroxyl groups is 1. The molecule has 2 rings (SSSR count). The second kappa shape index (κ2) is 4.59. The molecular formula is C14H15FOS. The smallest absolute Gasteiger partial charge is 0.132 e. The summed E-state index contributed by atoms with van der Waals surface area (Å²) in [5.74, 6) is -0.316. The number of aliphatic hydroxyl groups excluding tert-OH is 1. The first-order valence-corrected chi connectivity index (χ1v) is 6.32. The molecule has 3 heteroatoms. The predicted molar refractivity (Wildman–Crippen MR) is 69.0 cm³/mol. The maximum absolute atomic E-state index is 13.9. The van der Waals surface area contributed by atoms with Crippen LogP contribution in [0.1, 0.15) is 32.5 Å². The lowest BCUT2D eigenvalue weighted by Gasteiger charge is -2.13. The predicted octanol–water partition coefficient (Wildman–Crippen LogP) is 3.89. The molecule has 90 valence electrons. The summed E-state index contributed by atoms with van der Waals surface area (Å²) in [7, 11) is 0. The molecule has 0 aliphatic heterocycles. The molecule has 1 aromatic heterocycles. The number of benzene rings is 1. The second-order valence-corrected chi connectivity index (χ2v) is 5.71. The van der Waals surface area contributed by atoms with Gasteiger partial charge in [0, 0.05) is 15.3 Å². The van der Waals surface area contributed by atoms with Crippen LogP contribution < -0.4 is 0 Å². The Morgan fingerprint density at radius 2 is 1.88 bits per heavy atom. The van der Waals surface area contributed by atoms with Gasteiger partial charge >= 0.3 is 0 Å². The summed E-state index contributed by atoms with van der Waals surface area (Å²) in [5, 5.41) is 10.3. The van der Waals surface area contributed by atoms with E-state index in [-0.39, 0.29) is 5.82 Å². The van der Waals surface area contributed by atoms with Gasteiger partial charge in [-0.05, 0) is 38.0 Å². The second-order valence-electron chi connectivity index (χ2n) is 4.25. The third-order valence-electron chi connectivity index (χ3n) is 2.89. The molecule has 0 aliphatic carbocycles. The molecule has 0 amide bonds. The highest BCUT2D eigenvalue weighted by Gasteiger charge is 2.19. The Balaban J connectivity index is 2.47. The van der Waals surface area contributed by atoms with Crippen LogP contribution in [0, 0.1) is 26.6 Å². The SMILES string of the molecule is Cc1cc(C(O)c2cccc(C)c2F)c(C)s1. The average molecular weight is 250 g/mol. The van der Waals surface area contributed by atoms with Gasteiger partial charge in [-0.15, -0.1) is 11.3 Å². The van der Waals surface area contributed by atoms with Gasteiger partial charge in [-0.3, -0.25) is 0 Å². The molecule has 1 atom stereocenters. The summed E-state index contributed by atoms with van der Waals surface area (Å²) in [6.07, 6.45) is -0.875. The van der Waals surface area contributed by atoms with Gasteiger partial charge in [-0.2, -0.15) is 0 Å². The number of hydrogen-bond acceptors (Lipinski definition) is 2. The minimum absolute atomic E-state index is 0.316. The number of aryl methyl sites for hydroxylation is 3. The maximum atomic E-state index is 13.9. The molecule has 1 N–H and O–H groups in total. The van der Waals surface area contributed by atoms with Crippen LogP contribution in [-0.2, 0) is 0 Å². The highest BCUT2D eigenvalue weighted by atomic mass is 32.1. The summed E-state index contributed by atoms with van der Waals surface area (Å²) in [6, 6.07) is 7.04. The monoisotopic (exact) mass is 250 g/mol. The molecule has 2 aromatic rings. The molecule has 0 saturated carbocycles. The van der Waals surface area contributed by atoms with Gasteiger partial charge in [-0.25, -0.2) is 4.39 Å². The van der Waals surface area contributed by atoms with Crippen molar-refractivity contribution < 1.29 is 9.50 Å². The Hall–Kier alpha value is -1.19. The van der Waals surface area contributed by atoms with Crippen molar-refractivity contribution in [3.63, 3.8) is 0 Å². The first kappa shape index (κ1) is 12.3. The number of halogens is 1. The third kappa shape index (κ3) is 2.26. The van der Waals surface area contributed by atoms with Crippen molar-refractivity contribution in [2.45, 2.75) is 26.9 Å². The van der Waals surface area contributed by atoms with E-state index < -0.39 is 6.10 Å². The van der Waals surface area contributed by atoms with E-state index >= 15 is 0 Å². The molecule has 17 heavy (non-hydrogen) atoms. The number of rotatable bonds is 2. The normalized spacial score (nSPS) is 12.8. The van der Waals surface area contributed by atoms with E-state index in [1.165, 1.54) is 0 Å². The van der Waals surface area contributed by atoms with Crippen molar-refractivity contribution in [2.24, 2.45) is 0 Å². The Bertz CT molecular complexity index is 545. The molecule has 1 heterocycles. The standard InChI is InChI=1S/C14H15FOS/c1-8-5-4-6-11(13(8)15)14(16)12-7-9(2)17-10(12)3/h4-7,14,16H,1-3H3. The van der Waals surface area contributed by atoms with Gasteiger partial charge in [0.25, 0.3) is 0 Å². The van der Waals surface area contributed by atoms with Crippen LogP contribution in [0.25, 0.3) is 0 Å². The van der Waals surface area contributed by atoms with E-state index in [0.717, 1.165) is 15.3 Å². The summed E-state index contributed by atoms with van der Waals surface area (Å²) in [4.78, 5) is 2.17. The van der Waals surface area contributed by atoms with Crippen LogP contribution in [0.3, 0.4) is 0 Å². The highest BCUT2D eigenvalue weighted by Crippen LogP contribution is 2.32. The fourth-order valence-electron chi connectivity index (χ4n) is 1.97. The van der Waals surface area contributed by atoms with Crippen molar-refractivity contribution in [3.8, 4) is 0 Å². The van der Waals surface area contributed by atoms with Crippen LogP contribution in [-0.4, -0.2) is 5.11 Å². The van der Waals surface area contributed by atoms with Crippen molar-refractivity contribution >= 4 is 11.3 Å². The summed E-state index contributed by atoms with van der Waals surface area (Å²) in [6.45, 7) is 5.64. The lowest BCUT2D eigenvalue weighted by atomic mass is 9.99. The first-order valence-electron chi connectivity index (χ1n) is 5.50. The molecule has 0 spiro atoms. The summed E-state index contributed by atoms with van der Waals surface area (Å²) in [5.41, 5.74) is 1.72. The van der Waals surface area contributed by atoms with E-state index in [1.54, 1.807) is 36.5 Å². The van der Waals surface area contributed by atoms with Gasteiger partial charge in [0.05, 0.1) is 0 Å². The van der Waals surface area contributed by atoms with E-state index in [1.807, 2.05) is 19.9 Å². The molecule has 0 fully saturated rings. The molecule has 0 bridgehead atoms. The first-order chi connectivity index (χ1) is 8.00. The number of hydrogen-bond donors (Lipinski definition) is 1. The van der Waals surface area contributed by atoms with Crippen LogP contribution in [0.4, 0.5) is 4.39 Å². The summed E-state index contributed by atoms with van der Waals surface area (Å²) >= 11 is 1.62. The Labute approximate surface area is 105 Å². The van der Waals surface area contributed by atoms with Crippen LogP contribution >= 0.6 is 11.3 Å². The fourth-order valence-corrected chi connectivity index (χ4v) is 2.93.